The third kappa shape index (κ3) is 1.98. The van der Waals surface area contributed by atoms with Crippen LogP contribution in [-0.2, 0) is 0 Å². The van der Waals surface area contributed by atoms with Gasteiger partial charge in [-0.05, 0) is 31.0 Å². The Balaban J connectivity index is 1.90. The average Bonchev–Trinajstić information content (AvgIpc) is 2.72. The number of aromatic nitrogens is 2. The van der Waals surface area contributed by atoms with Gasteiger partial charge in [0.05, 0.1) is 17.1 Å². The van der Waals surface area contributed by atoms with Crippen LogP contribution in [0.4, 0.5) is 10.3 Å². The van der Waals surface area contributed by atoms with E-state index in [0.29, 0.717) is 5.52 Å². The van der Waals surface area contributed by atoms with E-state index in [4.69, 9.17) is 0 Å². The van der Waals surface area contributed by atoms with Gasteiger partial charge in [0.2, 0.25) is 5.95 Å². The fourth-order valence-corrected chi connectivity index (χ4v) is 2.20. The summed E-state index contributed by atoms with van der Waals surface area (Å²) in [5.41, 5.74) is 1.48. The topological polar surface area (TPSA) is 52.1 Å². The number of nitrogens with zero attached hydrogens (tertiary/aromatic N) is 2. The second-order valence-electron chi connectivity index (χ2n) is 4.44. The third-order valence-corrected chi connectivity index (χ3v) is 3.20. The Labute approximate surface area is 98.1 Å². The molecule has 2 N–H and O–H groups in total. The van der Waals surface area contributed by atoms with E-state index in [9.17, 15) is 9.50 Å². The van der Waals surface area contributed by atoms with Gasteiger partial charge < -0.3 is 15.0 Å². The highest BCUT2D eigenvalue weighted by atomic mass is 19.1. The number of aromatic amines is 1. The summed E-state index contributed by atoms with van der Waals surface area (Å²) in [6.45, 7) is 1.56. The normalized spacial score (nSPS) is 17.9. The second-order valence-corrected chi connectivity index (χ2v) is 4.44. The summed E-state index contributed by atoms with van der Waals surface area (Å²) in [7, 11) is 0. The number of H-pyrrole nitrogens is 1. The number of hydrogen-bond acceptors (Lipinski definition) is 3. The van der Waals surface area contributed by atoms with Gasteiger partial charge in [0, 0.05) is 13.1 Å². The van der Waals surface area contributed by atoms with Crippen LogP contribution in [0.1, 0.15) is 12.8 Å². The number of imidazole rings is 1. The first kappa shape index (κ1) is 10.5. The number of aliphatic hydroxyl groups is 1. The van der Waals surface area contributed by atoms with Crippen LogP contribution in [0.15, 0.2) is 18.2 Å². The van der Waals surface area contributed by atoms with E-state index >= 15 is 0 Å². The number of halogens is 1. The van der Waals surface area contributed by atoms with Gasteiger partial charge in [-0.25, -0.2) is 9.37 Å². The van der Waals surface area contributed by atoms with Gasteiger partial charge in [-0.3, -0.25) is 0 Å². The molecule has 1 aliphatic heterocycles. The fraction of sp³-hybridized carbons (Fsp3) is 0.417. The molecular weight excluding hydrogens is 221 g/mol. The van der Waals surface area contributed by atoms with Crippen molar-refractivity contribution in [2.75, 3.05) is 18.0 Å². The molecule has 0 radical (unpaired) electrons. The smallest absolute Gasteiger partial charge is 0.203 e. The molecule has 1 fully saturated rings. The number of anilines is 1. The van der Waals surface area contributed by atoms with Crippen molar-refractivity contribution in [1.82, 2.24) is 9.97 Å². The van der Waals surface area contributed by atoms with Crippen molar-refractivity contribution < 1.29 is 9.50 Å². The maximum Gasteiger partial charge on any atom is 0.203 e. The van der Waals surface area contributed by atoms with Crippen molar-refractivity contribution in [2.45, 2.75) is 18.9 Å². The molecule has 1 aliphatic rings. The van der Waals surface area contributed by atoms with Crippen LogP contribution < -0.4 is 4.90 Å². The standard InChI is InChI=1S/C12H14FN3O/c13-8-1-2-10-11(7-8)15-12(14-10)16-5-3-9(17)4-6-16/h1-2,7,9,17H,3-6H2,(H,14,15). The molecule has 1 aromatic carbocycles. The molecule has 5 heteroatoms. The molecule has 1 aromatic heterocycles. The molecule has 0 saturated carbocycles. The average molecular weight is 235 g/mol. The van der Waals surface area contributed by atoms with Crippen LogP contribution in [0.25, 0.3) is 11.0 Å². The Hall–Kier alpha value is -1.62. The first-order valence-electron chi connectivity index (χ1n) is 5.80. The number of aliphatic hydroxyl groups excluding tert-OH is 1. The molecule has 0 atom stereocenters. The molecule has 3 rings (SSSR count). The lowest BCUT2D eigenvalue weighted by molar-refractivity contribution is 0.145. The molecule has 0 spiro atoms. The highest BCUT2D eigenvalue weighted by molar-refractivity contribution is 5.77. The molecule has 1 saturated heterocycles. The van der Waals surface area contributed by atoms with Gasteiger partial charge in [-0.2, -0.15) is 0 Å². The van der Waals surface area contributed by atoms with Gasteiger partial charge in [0.1, 0.15) is 5.82 Å². The van der Waals surface area contributed by atoms with Crippen molar-refractivity contribution in [1.29, 1.82) is 0 Å². The SMILES string of the molecule is OC1CCN(c2nc3ccc(F)cc3[nH]2)CC1. The second kappa shape index (κ2) is 4.00. The van der Waals surface area contributed by atoms with Crippen LogP contribution in [0.3, 0.4) is 0 Å². The summed E-state index contributed by atoms with van der Waals surface area (Å²) in [5.74, 6) is 0.499. The monoisotopic (exact) mass is 235 g/mol. The van der Waals surface area contributed by atoms with E-state index in [2.05, 4.69) is 14.9 Å². The number of piperidine rings is 1. The molecule has 2 aromatic rings. The predicted octanol–water partition coefficient (Wildman–Crippen LogP) is 1.66. The molecule has 4 nitrogen and oxygen atoms in total. The van der Waals surface area contributed by atoms with Crippen LogP contribution in [0.2, 0.25) is 0 Å². The van der Waals surface area contributed by atoms with Crippen LogP contribution in [-0.4, -0.2) is 34.3 Å². The first-order chi connectivity index (χ1) is 8.22. The Morgan fingerprint density at radius 3 is 2.88 bits per heavy atom. The van der Waals surface area contributed by atoms with E-state index in [1.807, 2.05) is 0 Å². The Bertz CT molecular complexity index is 532. The lowest BCUT2D eigenvalue weighted by Crippen LogP contribution is -2.36. The molecule has 0 unspecified atom stereocenters. The molecule has 0 bridgehead atoms. The largest absolute Gasteiger partial charge is 0.393 e. The summed E-state index contributed by atoms with van der Waals surface area (Å²) in [6, 6.07) is 4.53. The number of nitrogens with one attached hydrogen (secondary N) is 1. The van der Waals surface area contributed by atoms with Crippen LogP contribution >= 0.6 is 0 Å². The van der Waals surface area contributed by atoms with E-state index in [1.165, 1.54) is 12.1 Å². The van der Waals surface area contributed by atoms with Gasteiger partial charge in [-0.1, -0.05) is 0 Å². The van der Waals surface area contributed by atoms with Gasteiger partial charge in [0.15, 0.2) is 0 Å². The van der Waals surface area contributed by atoms with Gasteiger partial charge in [0.25, 0.3) is 0 Å². The maximum atomic E-state index is 13.0. The lowest BCUT2D eigenvalue weighted by Gasteiger charge is -2.29. The Kier molecular flexibility index (Phi) is 2.48. The zero-order chi connectivity index (χ0) is 11.8. The zero-order valence-corrected chi connectivity index (χ0v) is 9.36. The Morgan fingerprint density at radius 2 is 2.12 bits per heavy atom. The van der Waals surface area contributed by atoms with Crippen molar-refractivity contribution in [2.24, 2.45) is 0 Å². The van der Waals surface area contributed by atoms with Gasteiger partial charge >= 0.3 is 0 Å². The predicted molar refractivity (Wildman–Crippen MR) is 63.5 cm³/mol. The van der Waals surface area contributed by atoms with Crippen LogP contribution in [0.5, 0.6) is 0 Å². The van der Waals surface area contributed by atoms with E-state index in [1.54, 1.807) is 6.07 Å². The number of rotatable bonds is 1. The van der Waals surface area contributed by atoms with Crippen LogP contribution in [0, 0.1) is 5.82 Å². The van der Waals surface area contributed by atoms with E-state index in [0.717, 1.165) is 37.4 Å². The summed E-state index contributed by atoms with van der Waals surface area (Å²) in [4.78, 5) is 9.63. The quantitative estimate of drug-likeness (QED) is 0.790. The molecule has 90 valence electrons. The lowest BCUT2D eigenvalue weighted by atomic mass is 10.1. The van der Waals surface area contributed by atoms with Crippen molar-refractivity contribution in [3.63, 3.8) is 0 Å². The summed E-state index contributed by atoms with van der Waals surface area (Å²) < 4.78 is 13.0. The van der Waals surface area contributed by atoms with Gasteiger partial charge in [-0.15, -0.1) is 0 Å². The van der Waals surface area contributed by atoms with Crippen molar-refractivity contribution in [3.8, 4) is 0 Å². The maximum absolute atomic E-state index is 13.0. The molecule has 0 amide bonds. The van der Waals surface area contributed by atoms with Crippen molar-refractivity contribution in [3.05, 3.63) is 24.0 Å². The zero-order valence-electron chi connectivity index (χ0n) is 9.36. The fourth-order valence-electron chi connectivity index (χ4n) is 2.20. The molecule has 0 aliphatic carbocycles. The number of benzene rings is 1. The molecule has 2 heterocycles. The molecule has 17 heavy (non-hydrogen) atoms. The molecular formula is C12H14FN3O. The highest BCUT2D eigenvalue weighted by Gasteiger charge is 2.19. The number of fused-ring (bicyclic) bond motifs is 1. The van der Waals surface area contributed by atoms with E-state index < -0.39 is 0 Å². The minimum Gasteiger partial charge on any atom is -0.393 e. The summed E-state index contributed by atoms with van der Waals surface area (Å²) >= 11 is 0. The Morgan fingerprint density at radius 1 is 1.35 bits per heavy atom. The minimum atomic E-state index is -0.262. The number of hydrogen-bond donors (Lipinski definition) is 2. The van der Waals surface area contributed by atoms with E-state index in [-0.39, 0.29) is 11.9 Å². The third-order valence-electron chi connectivity index (χ3n) is 3.20. The first-order valence-corrected chi connectivity index (χ1v) is 5.80. The van der Waals surface area contributed by atoms with Crippen molar-refractivity contribution >= 4 is 17.0 Å². The highest BCUT2D eigenvalue weighted by Crippen LogP contribution is 2.21. The summed E-state index contributed by atoms with van der Waals surface area (Å²) in [6.07, 6.45) is 1.31. The minimum absolute atomic E-state index is 0.201. The summed E-state index contributed by atoms with van der Waals surface area (Å²) in [5, 5.41) is 9.44.